The zero-order valence-electron chi connectivity index (χ0n) is 21.3. The normalized spacial score (nSPS) is 11.3. The fourth-order valence-corrected chi connectivity index (χ4v) is 4.28. The van der Waals surface area contributed by atoms with Crippen LogP contribution in [-0.4, -0.2) is 15.0 Å². The third-order valence-electron chi connectivity index (χ3n) is 6.24. The summed E-state index contributed by atoms with van der Waals surface area (Å²) in [5.41, 5.74) is 0.513. The van der Waals surface area contributed by atoms with Gasteiger partial charge in [-0.25, -0.2) is 19.3 Å². The van der Waals surface area contributed by atoms with Crippen molar-refractivity contribution >= 4 is 10.9 Å². The van der Waals surface area contributed by atoms with Gasteiger partial charge in [0.15, 0.2) is 5.69 Å². The lowest BCUT2D eigenvalue weighted by Crippen LogP contribution is -2.11. The number of alkyl halides is 3. The predicted molar refractivity (Wildman–Crippen MR) is 139 cm³/mol. The average Bonchev–Trinajstić information content (AvgIpc) is 2.92. The molecule has 0 saturated heterocycles. The van der Waals surface area contributed by atoms with Crippen molar-refractivity contribution in [2.45, 2.75) is 26.6 Å². The van der Waals surface area contributed by atoms with Crippen molar-refractivity contribution in [3.05, 3.63) is 107 Å². The first-order chi connectivity index (χ1) is 19.2. The number of aryl methyl sites for hydroxylation is 1. The maximum Gasteiger partial charge on any atom is 0.418 e. The number of halogens is 4. The molecule has 3 aromatic heterocycles. The molecule has 0 atom stereocenters. The third-order valence-corrected chi connectivity index (χ3v) is 6.24. The monoisotopic (exact) mass is 544 g/mol. The van der Waals surface area contributed by atoms with E-state index in [9.17, 15) is 22.8 Å². The van der Waals surface area contributed by atoms with Gasteiger partial charge in [-0.3, -0.25) is 0 Å². The molecule has 0 aliphatic rings. The molecule has 0 fully saturated rings. The van der Waals surface area contributed by atoms with Crippen LogP contribution in [0.15, 0.2) is 73.1 Å². The molecule has 5 rings (SSSR count). The van der Waals surface area contributed by atoms with Gasteiger partial charge in [-0.15, -0.1) is 0 Å². The van der Waals surface area contributed by atoms with Crippen molar-refractivity contribution in [1.29, 1.82) is 5.26 Å². The van der Waals surface area contributed by atoms with E-state index < -0.39 is 17.6 Å². The fourth-order valence-electron chi connectivity index (χ4n) is 4.28. The van der Waals surface area contributed by atoms with Crippen LogP contribution in [0.1, 0.15) is 27.9 Å². The Labute approximate surface area is 226 Å². The van der Waals surface area contributed by atoms with Crippen molar-refractivity contribution in [1.82, 2.24) is 15.0 Å². The summed E-state index contributed by atoms with van der Waals surface area (Å²) in [6, 6.07) is 18.0. The van der Waals surface area contributed by atoms with Gasteiger partial charge in [-0.1, -0.05) is 30.3 Å². The Bertz CT molecular complexity index is 1770. The highest BCUT2D eigenvalue weighted by molar-refractivity contribution is 5.92. The summed E-state index contributed by atoms with van der Waals surface area (Å²) in [6.45, 7) is 3.03. The highest BCUT2D eigenvalue weighted by Gasteiger charge is 2.35. The second kappa shape index (κ2) is 10.6. The predicted octanol–water partition coefficient (Wildman–Crippen LogP) is 7.71. The summed E-state index contributed by atoms with van der Waals surface area (Å²) in [5, 5.41) is 10.00. The Morgan fingerprint density at radius 2 is 1.73 bits per heavy atom. The zero-order chi connectivity index (χ0) is 28.4. The summed E-state index contributed by atoms with van der Waals surface area (Å²) in [4.78, 5) is 12.7. The molecule has 2 aromatic carbocycles. The molecule has 6 nitrogen and oxygen atoms in total. The Morgan fingerprint density at radius 1 is 0.950 bits per heavy atom. The largest absolute Gasteiger partial charge is 0.488 e. The first-order valence-corrected chi connectivity index (χ1v) is 12.0. The van der Waals surface area contributed by atoms with Crippen molar-refractivity contribution in [2.24, 2.45) is 0 Å². The van der Waals surface area contributed by atoms with Crippen LogP contribution >= 0.6 is 0 Å². The molecule has 0 bridgehead atoms. The number of nitrogens with zero attached hydrogens (tertiary/aromatic N) is 4. The number of hydrogen-bond acceptors (Lipinski definition) is 6. The molecule has 3 heterocycles. The van der Waals surface area contributed by atoms with Crippen LogP contribution in [0.25, 0.3) is 22.2 Å². The first-order valence-electron chi connectivity index (χ1n) is 12.0. The van der Waals surface area contributed by atoms with Gasteiger partial charge in [0.05, 0.1) is 27.7 Å². The Hall–Kier alpha value is -5.04. The highest BCUT2D eigenvalue weighted by atomic mass is 19.4. The number of hydrogen-bond donors (Lipinski definition) is 0. The van der Waals surface area contributed by atoms with Gasteiger partial charge in [0.2, 0.25) is 5.88 Å². The summed E-state index contributed by atoms with van der Waals surface area (Å²) in [5.74, 6) is -0.226. The summed E-state index contributed by atoms with van der Waals surface area (Å²) in [7, 11) is 0. The number of ether oxygens (including phenoxy) is 2. The number of rotatable bonds is 6. The fraction of sp³-hybridized carbons (Fsp3) is 0.133. The Morgan fingerprint density at radius 3 is 2.42 bits per heavy atom. The zero-order valence-corrected chi connectivity index (χ0v) is 21.3. The Kier molecular flexibility index (Phi) is 7.05. The van der Waals surface area contributed by atoms with E-state index in [1.54, 1.807) is 6.92 Å². The summed E-state index contributed by atoms with van der Waals surface area (Å²) < 4.78 is 67.5. The van der Waals surface area contributed by atoms with E-state index in [4.69, 9.17) is 9.47 Å². The second-order valence-corrected chi connectivity index (χ2v) is 8.93. The van der Waals surface area contributed by atoms with Crippen LogP contribution in [0.5, 0.6) is 17.4 Å². The topological polar surface area (TPSA) is 80.9 Å². The number of pyridine rings is 3. The van der Waals surface area contributed by atoms with Crippen LogP contribution in [-0.2, 0) is 12.8 Å². The summed E-state index contributed by atoms with van der Waals surface area (Å²) in [6.07, 6.45) is -2.62. The molecule has 5 aromatic rings. The SMILES string of the molecule is Cc1cc(F)ccc1Oc1ncc(C(F)(F)F)c(C)c1-c1cc(OCc2ccccc2)c2c(C#N)nccc2n1. The van der Waals surface area contributed by atoms with Crippen molar-refractivity contribution in [3.63, 3.8) is 0 Å². The van der Waals surface area contributed by atoms with Gasteiger partial charge in [-0.05, 0) is 54.8 Å². The highest BCUT2D eigenvalue weighted by Crippen LogP contribution is 2.43. The van der Waals surface area contributed by atoms with E-state index in [0.29, 0.717) is 17.1 Å². The minimum atomic E-state index is -4.70. The molecule has 0 aliphatic heterocycles. The van der Waals surface area contributed by atoms with E-state index in [-0.39, 0.29) is 52.0 Å². The van der Waals surface area contributed by atoms with Crippen LogP contribution in [0.3, 0.4) is 0 Å². The quantitative estimate of drug-likeness (QED) is 0.204. The van der Waals surface area contributed by atoms with E-state index in [1.165, 1.54) is 43.5 Å². The van der Waals surface area contributed by atoms with Crippen LogP contribution < -0.4 is 9.47 Å². The first kappa shape index (κ1) is 26.6. The molecule has 0 saturated carbocycles. The third kappa shape index (κ3) is 5.27. The van der Waals surface area contributed by atoms with E-state index in [0.717, 1.165) is 5.56 Å². The molecule has 0 N–H and O–H groups in total. The number of benzene rings is 2. The maximum atomic E-state index is 13.9. The molecule has 0 aliphatic carbocycles. The van der Waals surface area contributed by atoms with Gasteiger partial charge in [0.25, 0.3) is 0 Å². The van der Waals surface area contributed by atoms with Gasteiger partial charge >= 0.3 is 6.18 Å². The van der Waals surface area contributed by atoms with Gasteiger partial charge < -0.3 is 9.47 Å². The molecular formula is C30H20F4N4O2. The average molecular weight is 545 g/mol. The molecule has 0 amide bonds. The van der Waals surface area contributed by atoms with Gasteiger partial charge in [0, 0.05) is 18.5 Å². The van der Waals surface area contributed by atoms with E-state index in [1.807, 2.05) is 36.4 Å². The van der Waals surface area contributed by atoms with Crippen molar-refractivity contribution in [2.75, 3.05) is 0 Å². The molecule has 10 heteroatoms. The Balaban J connectivity index is 1.72. The second-order valence-electron chi connectivity index (χ2n) is 8.93. The maximum absolute atomic E-state index is 13.9. The number of nitriles is 1. The van der Waals surface area contributed by atoms with E-state index in [2.05, 4.69) is 15.0 Å². The lowest BCUT2D eigenvalue weighted by atomic mass is 10.0. The summed E-state index contributed by atoms with van der Waals surface area (Å²) >= 11 is 0. The molecule has 0 unspecified atom stereocenters. The van der Waals surface area contributed by atoms with Gasteiger partial charge in [0.1, 0.15) is 30.0 Å². The lowest BCUT2D eigenvalue weighted by molar-refractivity contribution is -0.138. The van der Waals surface area contributed by atoms with Crippen molar-refractivity contribution in [3.8, 4) is 34.7 Å². The smallest absolute Gasteiger partial charge is 0.418 e. The van der Waals surface area contributed by atoms with Gasteiger partial charge in [-0.2, -0.15) is 18.4 Å². The molecule has 0 spiro atoms. The van der Waals surface area contributed by atoms with Crippen molar-refractivity contribution < 1.29 is 27.0 Å². The van der Waals surface area contributed by atoms with Crippen LogP contribution in [0.2, 0.25) is 0 Å². The minimum absolute atomic E-state index is 0.0275. The minimum Gasteiger partial charge on any atom is -0.488 e. The molecular weight excluding hydrogens is 524 g/mol. The molecule has 0 radical (unpaired) electrons. The standard InChI is InChI=1S/C30H20F4N4O2/c1-17-12-20(31)8-9-25(17)40-29-27(18(2)21(15-37-29)30(32,33)34)23-13-26(39-16-19-6-4-3-5-7-19)28-22(38-23)10-11-36-24(28)14-35/h3-13,15H,16H2,1-2H3. The van der Waals surface area contributed by atoms with E-state index >= 15 is 0 Å². The van der Waals surface area contributed by atoms with Crippen LogP contribution in [0.4, 0.5) is 17.6 Å². The molecule has 40 heavy (non-hydrogen) atoms. The van der Waals surface area contributed by atoms with Crippen LogP contribution in [0, 0.1) is 31.0 Å². The number of aromatic nitrogens is 3. The lowest BCUT2D eigenvalue weighted by Gasteiger charge is -2.19. The number of fused-ring (bicyclic) bond motifs is 1. The molecule has 200 valence electrons.